The SMILES string of the molecule is C=C[C@H]1CC[C@H](C(C)=O)C[C@H]1C(=C)C. The predicted octanol–water partition coefficient (Wildman–Crippen LogP) is 3.37. The molecule has 1 rings (SSSR count). The van der Waals surface area contributed by atoms with Gasteiger partial charge in [0.15, 0.2) is 0 Å². The van der Waals surface area contributed by atoms with Crippen LogP contribution in [-0.2, 0) is 4.79 Å². The van der Waals surface area contributed by atoms with Crippen molar-refractivity contribution in [2.45, 2.75) is 33.1 Å². The first-order valence-corrected chi connectivity index (χ1v) is 5.34. The lowest BCUT2D eigenvalue weighted by atomic mass is 9.70. The Kier molecular flexibility index (Phi) is 3.68. The summed E-state index contributed by atoms with van der Waals surface area (Å²) in [7, 11) is 0. The third kappa shape index (κ3) is 2.34. The molecule has 0 aromatic carbocycles. The van der Waals surface area contributed by atoms with Crippen molar-refractivity contribution in [3.05, 3.63) is 24.8 Å². The highest BCUT2D eigenvalue weighted by atomic mass is 16.1. The largest absolute Gasteiger partial charge is 0.300 e. The van der Waals surface area contributed by atoms with Crippen LogP contribution in [0.25, 0.3) is 0 Å². The van der Waals surface area contributed by atoms with Gasteiger partial charge in [0.25, 0.3) is 0 Å². The maximum atomic E-state index is 11.3. The number of carbonyl (C=O) groups excluding carboxylic acids is 1. The van der Waals surface area contributed by atoms with Crippen molar-refractivity contribution < 1.29 is 4.79 Å². The molecular weight excluding hydrogens is 172 g/mol. The maximum absolute atomic E-state index is 11.3. The molecule has 0 aromatic heterocycles. The summed E-state index contributed by atoms with van der Waals surface area (Å²) in [5.41, 5.74) is 1.20. The lowest BCUT2D eigenvalue weighted by Crippen LogP contribution is -2.27. The lowest BCUT2D eigenvalue weighted by Gasteiger charge is -2.34. The summed E-state index contributed by atoms with van der Waals surface area (Å²) in [6.45, 7) is 11.6. The first kappa shape index (κ1) is 11.2. The monoisotopic (exact) mass is 192 g/mol. The normalized spacial score (nSPS) is 32.3. The van der Waals surface area contributed by atoms with E-state index in [-0.39, 0.29) is 5.92 Å². The third-order valence-electron chi connectivity index (χ3n) is 3.41. The van der Waals surface area contributed by atoms with Crippen LogP contribution in [0.1, 0.15) is 33.1 Å². The lowest BCUT2D eigenvalue weighted by molar-refractivity contribution is -0.122. The highest BCUT2D eigenvalue weighted by Crippen LogP contribution is 2.38. The van der Waals surface area contributed by atoms with Gasteiger partial charge in [-0.25, -0.2) is 0 Å². The van der Waals surface area contributed by atoms with Gasteiger partial charge in [-0.05, 0) is 44.9 Å². The van der Waals surface area contributed by atoms with Crippen molar-refractivity contribution in [1.82, 2.24) is 0 Å². The minimum absolute atomic E-state index is 0.257. The molecule has 0 spiro atoms. The summed E-state index contributed by atoms with van der Waals surface area (Å²) in [6, 6.07) is 0. The molecule has 78 valence electrons. The summed E-state index contributed by atoms with van der Waals surface area (Å²) in [4.78, 5) is 11.3. The Bertz CT molecular complexity index is 252. The number of hydrogen-bond acceptors (Lipinski definition) is 1. The van der Waals surface area contributed by atoms with Gasteiger partial charge >= 0.3 is 0 Å². The molecule has 0 aromatic rings. The van der Waals surface area contributed by atoms with Crippen LogP contribution in [0.15, 0.2) is 24.8 Å². The number of allylic oxidation sites excluding steroid dienone is 2. The Morgan fingerprint density at radius 3 is 2.43 bits per heavy atom. The van der Waals surface area contributed by atoms with Crippen molar-refractivity contribution in [1.29, 1.82) is 0 Å². The van der Waals surface area contributed by atoms with Crippen molar-refractivity contribution in [3.8, 4) is 0 Å². The van der Waals surface area contributed by atoms with Crippen LogP contribution in [0, 0.1) is 17.8 Å². The van der Waals surface area contributed by atoms with Gasteiger partial charge < -0.3 is 0 Å². The predicted molar refractivity (Wildman–Crippen MR) is 60.0 cm³/mol. The second-order valence-corrected chi connectivity index (χ2v) is 4.47. The van der Waals surface area contributed by atoms with E-state index in [9.17, 15) is 4.79 Å². The van der Waals surface area contributed by atoms with E-state index in [0.29, 0.717) is 17.6 Å². The molecule has 0 bridgehead atoms. The standard InChI is InChI=1S/C13H20O/c1-5-11-6-7-12(10(4)14)8-13(11)9(2)3/h5,11-13H,1-2,6-8H2,3-4H3/t11-,12-,13-/m0/s1. The molecule has 0 amide bonds. The Morgan fingerprint density at radius 1 is 1.36 bits per heavy atom. The third-order valence-corrected chi connectivity index (χ3v) is 3.41. The van der Waals surface area contributed by atoms with Crippen molar-refractivity contribution >= 4 is 5.78 Å². The smallest absolute Gasteiger partial charge is 0.132 e. The molecule has 1 fully saturated rings. The molecule has 0 unspecified atom stereocenters. The summed E-state index contributed by atoms with van der Waals surface area (Å²) < 4.78 is 0. The molecule has 1 nitrogen and oxygen atoms in total. The average molecular weight is 192 g/mol. The molecule has 0 heterocycles. The van der Waals surface area contributed by atoms with Crippen LogP contribution in [0.5, 0.6) is 0 Å². The molecule has 0 N–H and O–H groups in total. The summed E-state index contributed by atoms with van der Waals surface area (Å²) in [6.07, 6.45) is 5.11. The molecular formula is C13H20O. The highest BCUT2D eigenvalue weighted by Gasteiger charge is 2.30. The van der Waals surface area contributed by atoms with Gasteiger partial charge in [-0.15, -0.1) is 6.58 Å². The van der Waals surface area contributed by atoms with E-state index < -0.39 is 0 Å². The second-order valence-electron chi connectivity index (χ2n) is 4.47. The van der Waals surface area contributed by atoms with E-state index in [1.165, 1.54) is 5.57 Å². The fourth-order valence-electron chi connectivity index (χ4n) is 2.41. The minimum atomic E-state index is 0.257. The first-order valence-electron chi connectivity index (χ1n) is 5.34. The molecule has 1 aliphatic carbocycles. The molecule has 0 radical (unpaired) electrons. The number of ketones is 1. The van der Waals surface area contributed by atoms with Crippen molar-refractivity contribution in [2.75, 3.05) is 0 Å². The van der Waals surface area contributed by atoms with E-state index in [4.69, 9.17) is 0 Å². The maximum Gasteiger partial charge on any atom is 0.132 e. The van der Waals surface area contributed by atoms with E-state index in [1.807, 2.05) is 6.08 Å². The van der Waals surface area contributed by atoms with E-state index in [1.54, 1.807) is 6.92 Å². The second kappa shape index (κ2) is 4.59. The molecule has 3 atom stereocenters. The van der Waals surface area contributed by atoms with Gasteiger partial charge in [-0.1, -0.05) is 18.2 Å². The van der Waals surface area contributed by atoms with Gasteiger partial charge in [0, 0.05) is 5.92 Å². The van der Waals surface area contributed by atoms with Crippen LogP contribution in [0.2, 0.25) is 0 Å². The summed E-state index contributed by atoms with van der Waals surface area (Å²) in [5.74, 6) is 1.59. The van der Waals surface area contributed by atoms with Crippen LogP contribution in [0.3, 0.4) is 0 Å². The molecule has 0 saturated heterocycles. The molecule has 1 aliphatic rings. The highest BCUT2D eigenvalue weighted by molar-refractivity contribution is 5.78. The van der Waals surface area contributed by atoms with Gasteiger partial charge in [-0.2, -0.15) is 0 Å². The zero-order valence-electron chi connectivity index (χ0n) is 9.25. The van der Waals surface area contributed by atoms with Gasteiger partial charge in [0.2, 0.25) is 0 Å². The van der Waals surface area contributed by atoms with E-state index >= 15 is 0 Å². The first-order chi connectivity index (χ1) is 6.56. The number of Topliss-reactive ketones (excluding diaryl/α,β-unsaturated/α-hetero) is 1. The topological polar surface area (TPSA) is 17.1 Å². The minimum Gasteiger partial charge on any atom is -0.300 e. The van der Waals surface area contributed by atoms with Gasteiger partial charge in [0.05, 0.1) is 0 Å². The zero-order chi connectivity index (χ0) is 10.7. The van der Waals surface area contributed by atoms with Gasteiger partial charge in [-0.3, -0.25) is 4.79 Å². The fraction of sp³-hybridized carbons (Fsp3) is 0.615. The van der Waals surface area contributed by atoms with Crippen molar-refractivity contribution in [2.24, 2.45) is 17.8 Å². The summed E-state index contributed by atoms with van der Waals surface area (Å²) >= 11 is 0. The number of hydrogen-bond donors (Lipinski definition) is 0. The van der Waals surface area contributed by atoms with E-state index in [0.717, 1.165) is 19.3 Å². The average Bonchev–Trinajstić information content (AvgIpc) is 2.16. The van der Waals surface area contributed by atoms with Crippen LogP contribution in [0.4, 0.5) is 0 Å². The Morgan fingerprint density at radius 2 is 2.00 bits per heavy atom. The Balaban J connectivity index is 2.71. The number of rotatable bonds is 3. The number of carbonyl (C=O) groups is 1. The van der Waals surface area contributed by atoms with Crippen LogP contribution in [-0.4, -0.2) is 5.78 Å². The van der Waals surface area contributed by atoms with E-state index in [2.05, 4.69) is 20.1 Å². The quantitative estimate of drug-likeness (QED) is 0.626. The van der Waals surface area contributed by atoms with Crippen LogP contribution < -0.4 is 0 Å². The van der Waals surface area contributed by atoms with Crippen LogP contribution >= 0.6 is 0 Å². The fourth-order valence-corrected chi connectivity index (χ4v) is 2.41. The molecule has 0 aliphatic heterocycles. The Hall–Kier alpha value is -0.850. The molecule has 1 saturated carbocycles. The molecule has 14 heavy (non-hydrogen) atoms. The zero-order valence-corrected chi connectivity index (χ0v) is 9.25. The van der Waals surface area contributed by atoms with Crippen molar-refractivity contribution in [3.63, 3.8) is 0 Å². The summed E-state index contributed by atoms with van der Waals surface area (Å²) in [5, 5.41) is 0. The Labute approximate surface area is 86.9 Å². The van der Waals surface area contributed by atoms with Gasteiger partial charge in [0.1, 0.15) is 5.78 Å². The molecule has 1 heteroatoms.